The number of aromatic nitrogens is 1. The molecular formula is C55H38N2O. The van der Waals surface area contributed by atoms with Gasteiger partial charge in [0.05, 0.1) is 27.8 Å². The Bertz CT molecular complexity index is 3380. The smallest absolute Gasteiger partial charge is 0.145 e. The molecule has 0 saturated carbocycles. The van der Waals surface area contributed by atoms with Gasteiger partial charge in [0.25, 0.3) is 0 Å². The van der Waals surface area contributed by atoms with Crippen LogP contribution in [0.2, 0.25) is 0 Å². The molecule has 58 heavy (non-hydrogen) atoms. The van der Waals surface area contributed by atoms with Crippen molar-refractivity contribution in [2.45, 2.75) is 19.3 Å². The van der Waals surface area contributed by atoms with Gasteiger partial charge in [-0.25, -0.2) is 0 Å². The van der Waals surface area contributed by atoms with Gasteiger partial charge in [-0.3, -0.25) is 0 Å². The summed E-state index contributed by atoms with van der Waals surface area (Å²) in [6.45, 7) is 4.71. The molecule has 0 unspecified atom stereocenters. The summed E-state index contributed by atoms with van der Waals surface area (Å²) in [6.07, 6.45) is 0. The first-order valence-electron chi connectivity index (χ1n) is 20.1. The average Bonchev–Trinajstić information content (AvgIpc) is 3.91. The molecule has 11 aromatic rings. The molecular weight excluding hydrogens is 705 g/mol. The Morgan fingerprint density at radius 3 is 1.84 bits per heavy atom. The van der Waals surface area contributed by atoms with E-state index in [0.717, 1.165) is 55.8 Å². The summed E-state index contributed by atoms with van der Waals surface area (Å²) < 4.78 is 9.34. The predicted octanol–water partition coefficient (Wildman–Crippen LogP) is 15.3. The molecule has 0 amide bonds. The highest BCUT2D eigenvalue weighted by atomic mass is 16.3. The molecule has 0 atom stereocenters. The second-order valence-corrected chi connectivity index (χ2v) is 16.1. The zero-order chi connectivity index (χ0) is 38.5. The Labute approximate surface area is 336 Å². The van der Waals surface area contributed by atoms with Crippen molar-refractivity contribution in [2.75, 3.05) is 4.90 Å². The summed E-state index contributed by atoms with van der Waals surface area (Å²) in [4.78, 5) is 2.48. The second kappa shape index (κ2) is 12.3. The van der Waals surface area contributed by atoms with E-state index in [4.69, 9.17) is 4.42 Å². The third kappa shape index (κ3) is 4.62. The van der Waals surface area contributed by atoms with Crippen LogP contribution in [0.5, 0.6) is 0 Å². The maximum atomic E-state index is 6.95. The minimum Gasteiger partial charge on any atom is -0.455 e. The molecule has 9 aromatic carbocycles. The molecule has 3 nitrogen and oxygen atoms in total. The number of para-hydroxylation sites is 3. The van der Waals surface area contributed by atoms with Crippen LogP contribution < -0.4 is 4.90 Å². The third-order valence-electron chi connectivity index (χ3n) is 12.6. The SMILES string of the molecule is CC1(C)c2ccccc2-c2c(N(c3ccc(-n4c5ccccc5c5ccccc54)cc3)c3ccc(-c4cccc5ccccc45)c4oc5ccccc5c34)cccc21. The van der Waals surface area contributed by atoms with Crippen LogP contribution in [0, 0.1) is 0 Å². The Morgan fingerprint density at radius 2 is 1.05 bits per heavy atom. The maximum Gasteiger partial charge on any atom is 0.145 e. The molecule has 12 rings (SSSR count). The lowest BCUT2D eigenvalue weighted by molar-refractivity contribution is 0.660. The Balaban J connectivity index is 1.14. The van der Waals surface area contributed by atoms with Gasteiger partial charge in [0.2, 0.25) is 0 Å². The van der Waals surface area contributed by atoms with Crippen LogP contribution in [-0.4, -0.2) is 4.57 Å². The summed E-state index contributed by atoms with van der Waals surface area (Å²) in [7, 11) is 0. The van der Waals surface area contributed by atoms with E-state index in [1.807, 2.05) is 0 Å². The van der Waals surface area contributed by atoms with E-state index < -0.39 is 0 Å². The van der Waals surface area contributed by atoms with E-state index in [0.29, 0.717) is 0 Å². The summed E-state index contributed by atoms with van der Waals surface area (Å²) >= 11 is 0. The molecule has 2 aromatic heterocycles. The predicted molar refractivity (Wildman–Crippen MR) is 243 cm³/mol. The van der Waals surface area contributed by atoms with Gasteiger partial charge in [0.15, 0.2) is 0 Å². The second-order valence-electron chi connectivity index (χ2n) is 16.1. The molecule has 1 aliphatic rings. The molecule has 1 aliphatic carbocycles. The maximum absolute atomic E-state index is 6.95. The lowest BCUT2D eigenvalue weighted by Crippen LogP contribution is -2.16. The normalized spacial score (nSPS) is 13.1. The average molecular weight is 743 g/mol. The van der Waals surface area contributed by atoms with Gasteiger partial charge < -0.3 is 13.9 Å². The first kappa shape index (κ1) is 32.8. The van der Waals surface area contributed by atoms with Gasteiger partial charge >= 0.3 is 0 Å². The van der Waals surface area contributed by atoms with E-state index in [2.05, 4.69) is 217 Å². The summed E-state index contributed by atoms with van der Waals surface area (Å²) in [5, 5.41) is 7.11. The van der Waals surface area contributed by atoms with Gasteiger partial charge in [-0.15, -0.1) is 0 Å². The number of fused-ring (bicyclic) bond motifs is 10. The van der Waals surface area contributed by atoms with E-state index in [1.54, 1.807) is 0 Å². The van der Waals surface area contributed by atoms with Crippen molar-refractivity contribution in [2.24, 2.45) is 0 Å². The molecule has 0 spiro atoms. The van der Waals surface area contributed by atoms with Crippen molar-refractivity contribution in [3.63, 3.8) is 0 Å². The number of anilines is 3. The molecule has 0 N–H and O–H groups in total. The fraction of sp³-hybridized carbons (Fsp3) is 0.0545. The number of benzene rings is 9. The topological polar surface area (TPSA) is 21.3 Å². The molecule has 0 bridgehead atoms. The zero-order valence-electron chi connectivity index (χ0n) is 32.3. The lowest BCUT2D eigenvalue weighted by Gasteiger charge is -2.30. The van der Waals surface area contributed by atoms with Crippen molar-refractivity contribution in [1.82, 2.24) is 4.57 Å². The number of nitrogens with zero attached hydrogens (tertiary/aromatic N) is 2. The van der Waals surface area contributed by atoms with E-state index in [1.165, 1.54) is 54.8 Å². The van der Waals surface area contributed by atoms with Crippen LogP contribution >= 0.6 is 0 Å². The first-order chi connectivity index (χ1) is 28.6. The monoisotopic (exact) mass is 742 g/mol. The van der Waals surface area contributed by atoms with Crippen LogP contribution in [0.1, 0.15) is 25.0 Å². The molecule has 0 radical (unpaired) electrons. The van der Waals surface area contributed by atoms with E-state index in [9.17, 15) is 0 Å². The number of furan rings is 1. The number of hydrogen-bond acceptors (Lipinski definition) is 2. The van der Waals surface area contributed by atoms with Crippen molar-refractivity contribution in [3.05, 3.63) is 205 Å². The van der Waals surface area contributed by atoms with Crippen LogP contribution in [0.4, 0.5) is 17.1 Å². The van der Waals surface area contributed by atoms with Gasteiger partial charge in [-0.05, 0) is 93.7 Å². The van der Waals surface area contributed by atoms with Crippen molar-refractivity contribution in [3.8, 4) is 27.9 Å². The molecule has 0 saturated heterocycles. The summed E-state index contributed by atoms with van der Waals surface area (Å²) in [5.41, 5.74) is 15.9. The summed E-state index contributed by atoms with van der Waals surface area (Å²) in [6, 6.07) is 70.6. The minimum absolute atomic E-state index is 0.149. The highest BCUT2D eigenvalue weighted by Gasteiger charge is 2.38. The fourth-order valence-electron chi connectivity index (χ4n) is 9.95. The molecule has 2 heterocycles. The van der Waals surface area contributed by atoms with Crippen molar-refractivity contribution >= 4 is 71.6 Å². The molecule has 3 heteroatoms. The van der Waals surface area contributed by atoms with E-state index in [-0.39, 0.29) is 5.41 Å². The molecule has 0 aliphatic heterocycles. The largest absolute Gasteiger partial charge is 0.455 e. The lowest BCUT2D eigenvalue weighted by atomic mass is 9.82. The number of hydrogen-bond donors (Lipinski definition) is 0. The molecule has 274 valence electrons. The van der Waals surface area contributed by atoms with E-state index >= 15 is 0 Å². The highest BCUT2D eigenvalue weighted by molar-refractivity contribution is 6.19. The van der Waals surface area contributed by atoms with Crippen molar-refractivity contribution < 1.29 is 4.42 Å². The fourth-order valence-corrected chi connectivity index (χ4v) is 9.95. The summed E-state index contributed by atoms with van der Waals surface area (Å²) in [5.74, 6) is 0. The Morgan fingerprint density at radius 1 is 0.448 bits per heavy atom. The van der Waals surface area contributed by atoms with Crippen LogP contribution in [0.3, 0.4) is 0 Å². The number of rotatable bonds is 5. The van der Waals surface area contributed by atoms with Gasteiger partial charge in [-0.1, -0.05) is 147 Å². The van der Waals surface area contributed by atoms with Crippen molar-refractivity contribution in [1.29, 1.82) is 0 Å². The minimum atomic E-state index is -0.149. The van der Waals surface area contributed by atoms with Crippen LogP contribution in [0.25, 0.3) is 82.5 Å². The standard InChI is InChI=1S/C55H38N2O/c1-55(2)45-23-9-5-20-43(45)52-46(55)24-14-27-49(52)57(37-31-29-36(30-32-37)56-47-25-10-6-18-40(47)41-19-7-11-26-48(41)56)50-34-33-42(39-22-13-16-35-15-3-4-17-38(35)39)54-53(50)44-21-8-12-28-51(44)58-54/h3-34H,1-2H3. The Hall–Kier alpha value is -7.36. The zero-order valence-corrected chi connectivity index (χ0v) is 32.3. The quantitative estimate of drug-likeness (QED) is 0.175. The van der Waals surface area contributed by atoms with Gasteiger partial charge in [0, 0.05) is 44.1 Å². The molecule has 0 fully saturated rings. The third-order valence-corrected chi connectivity index (χ3v) is 12.6. The Kier molecular flexibility index (Phi) is 6.98. The highest BCUT2D eigenvalue weighted by Crippen LogP contribution is 2.55. The first-order valence-corrected chi connectivity index (χ1v) is 20.1. The van der Waals surface area contributed by atoms with Gasteiger partial charge in [0.1, 0.15) is 11.2 Å². The van der Waals surface area contributed by atoms with Gasteiger partial charge in [-0.2, -0.15) is 0 Å². The van der Waals surface area contributed by atoms with Crippen LogP contribution in [-0.2, 0) is 5.41 Å². The van der Waals surface area contributed by atoms with Crippen LogP contribution in [0.15, 0.2) is 199 Å².